The molecular formula is C15H11F3N2. The Bertz CT molecular complexity index is 646. The molecule has 3 aromatic rings. The first-order valence-corrected chi connectivity index (χ1v) is 6.08. The summed E-state index contributed by atoms with van der Waals surface area (Å²) in [5.74, 6) is -3.42. The lowest BCUT2D eigenvalue weighted by molar-refractivity contribution is 0.519. The third-order valence-electron chi connectivity index (χ3n) is 3.20. The summed E-state index contributed by atoms with van der Waals surface area (Å²) in [6, 6.07) is 8.32. The van der Waals surface area contributed by atoms with Gasteiger partial charge in [0.1, 0.15) is 17.5 Å². The van der Waals surface area contributed by atoms with E-state index in [-0.39, 0.29) is 5.56 Å². The molecule has 1 aromatic carbocycles. The van der Waals surface area contributed by atoms with Crippen molar-refractivity contribution >= 4 is 0 Å². The number of aromatic nitrogens is 2. The van der Waals surface area contributed by atoms with Crippen LogP contribution in [0.25, 0.3) is 0 Å². The molecule has 102 valence electrons. The number of halogens is 3. The second-order valence-electron chi connectivity index (χ2n) is 4.47. The normalized spacial score (nSPS) is 11.2. The van der Waals surface area contributed by atoms with Crippen molar-refractivity contribution in [3.8, 4) is 0 Å². The lowest BCUT2D eigenvalue weighted by Crippen LogP contribution is -2.10. The Hall–Kier alpha value is -2.43. The van der Waals surface area contributed by atoms with E-state index in [1.54, 1.807) is 36.7 Å². The monoisotopic (exact) mass is 276 g/mol. The van der Waals surface area contributed by atoms with E-state index in [0.29, 0.717) is 23.5 Å². The van der Waals surface area contributed by atoms with Crippen LogP contribution in [-0.2, 0) is 0 Å². The van der Waals surface area contributed by atoms with Crippen molar-refractivity contribution in [1.82, 2.24) is 9.97 Å². The molecule has 2 heterocycles. The molecule has 0 aliphatic carbocycles. The van der Waals surface area contributed by atoms with E-state index in [0.717, 1.165) is 0 Å². The molecule has 2 nitrogen and oxygen atoms in total. The minimum absolute atomic E-state index is 0.184. The summed E-state index contributed by atoms with van der Waals surface area (Å²) in [4.78, 5) is 5.89. The molecule has 0 unspecified atom stereocenters. The highest BCUT2D eigenvalue weighted by molar-refractivity contribution is 5.39. The zero-order chi connectivity index (χ0) is 14.1. The van der Waals surface area contributed by atoms with Gasteiger partial charge in [0.25, 0.3) is 0 Å². The SMILES string of the molecule is Fc1cc(F)c(C(c2ccc[nH]2)c2ccc[nH]2)c(F)c1. The van der Waals surface area contributed by atoms with Crippen LogP contribution in [0.4, 0.5) is 13.2 Å². The topological polar surface area (TPSA) is 31.6 Å². The molecule has 3 rings (SSSR count). The predicted molar refractivity (Wildman–Crippen MR) is 68.8 cm³/mol. The quantitative estimate of drug-likeness (QED) is 0.726. The van der Waals surface area contributed by atoms with Gasteiger partial charge in [-0.3, -0.25) is 0 Å². The van der Waals surface area contributed by atoms with E-state index < -0.39 is 23.4 Å². The van der Waals surface area contributed by atoms with Gasteiger partial charge in [-0.2, -0.15) is 0 Å². The van der Waals surface area contributed by atoms with Crippen molar-refractivity contribution in [3.05, 3.63) is 83.2 Å². The van der Waals surface area contributed by atoms with E-state index >= 15 is 0 Å². The summed E-state index contributed by atoms with van der Waals surface area (Å²) in [6.45, 7) is 0. The summed E-state index contributed by atoms with van der Waals surface area (Å²) in [5, 5.41) is 0. The zero-order valence-corrected chi connectivity index (χ0v) is 10.3. The van der Waals surface area contributed by atoms with Gasteiger partial charge in [-0.25, -0.2) is 13.2 Å². The van der Waals surface area contributed by atoms with Crippen LogP contribution in [0, 0.1) is 17.5 Å². The lowest BCUT2D eigenvalue weighted by atomic mass is 9.91. The Morgan fingerprint density at radius 2 is 1.30 bits per heavy atom. The summed E-state index contributed by atoms with van der Waals surface area (Å²) in [6.07, 6.45) is 3.34. The van der Waals surface area contributed by atoms with Crippen molar-refractivity contribution in [1.29, 1.82) is 0 Å². The van der Waals surface area contributed by atoms with Crippen molar-refractivity contribution < 1.29 is 13.2 Å². The maximum absolute atomic E-state index is 14.0. The molecule has 0 fully saturated rings. The first-order chi connectivity index (χ1) is 9.66. The van der Waals surface area contributed by atoms with Crippen LogP contribution in [-0.4, -0.2) is 9.97 Å². The van der Waals surface area contributed by atoms with Gasteiger partial charge in [-0.15, -0.1) is 0 Å². The molecule has 0 saturated carbocycles. The van der Waals surface area contributed by atoms with Crippen molar-refractivity contribution in [2.45, 2.75) is 5.92 Å². The third kappa shape index (κ3) is 2.11. The molecule has 0 saturated heterocycles. The van der Waals surface area contributed by atoms with Crippen LogP contribution in [0.2, 0.25) is 0 Å². The number of hydrogen-bond acceptors (Lipinski definition) is 0. The largest absolute Gasteiger partial charge is 0.364 e. The number of nitrogens with one attached hydrogen (secondary N) is 2. The maximum Gasteiger partial charge on any atom is 0.133 e. The van der Waals surface area contributed by atoms with Gasteiger partial charge < -0.3 is 9.97 Å². The van der Waals surface area contributed by atoms with E-state index in [9.17, 15) is 13.2 Å². The molecule has 0 aliphatic rings. The maximum atomic E-state index is 14.0. The average molecular weight is 276 g/mol. The molecule has 0 amide bonds. The van der Waals surface area contributed by atoms with Gasteiger partial charge >= 0.3 is 0 Å². The van der Waals surface area contributed by atoms with Crippen molar-refractivity contribution in [3.63, 3.8) is 0 Å². The number of H-pyrrole nitrogens is 2. The fraction of sp³-hybridized carbons (Fsp3) is 0.0667. The molecule has 0 spiro atoms. The number of rotatable bonds is 3. The summed E-state index contributed by atoms with van der Waals surface area (Å²) in [7, 11) is 0. The van der Waals surface area contributed by atoms with Crippen LogP contribution in [0.15, 0.2) is 48.8 Å². The number of hydrogen-bond donors (Lipinski definition) is 2. The standard InChI is InChI=1S/C15H11F3N2/c16-9-7-10(17)14(11(18)8-9)15(12-3-1-5-19-12)13-4-2-6-20-13/h1-8,15,19-20H. The van der Waals surface area contributed by atoms with E-state index in [2.05, 4.69) is 9.97 Å². The van der Waals surface area contributed by atoms with Crippen LogP contribution < -0.4 is 0 Å². The Morgan fingerprint density at radius 1 is 0.800 bits per heavy atom. The van der Waals surface area contributed by atoms with Gasteiger partial charge in [0.15, 0.2) is 0 Å². The van der Waals surface area contributed by atoms with Gasteiger partial charge in [-0.05, 0) is 24.3 Å². The van der Waals surface area contributed by atoms with Gasteiger partial charge in [0, 0.05) is 41.5 Å². The molecule has 0 radical (unpaired) electrons. The predicted octanol–water partition coefficient (Wildman–Crippen LogP) is 3.94. The number of aromatic amines is 2. The molecule has 2 aromatic heterocycles. The first kappa shape index (κ1) is 12.6. The zero-order valence-electron chi connectivity index (χ0n) is 10.3. The van der Waals surface area contributed by atoms with Gasteiger partial charge in [0.05, 0.1) is 5.92 Å². The van der Waals surface area contributed by atoms with Crippen LogP contribution >= 0.6 is 0 Å². The highest BCUT2D eigenvalue weighted by Gasteiger charge is 2.26. The highest BCUT2D eigenvalue weighted by atomic mass is 19.1. The second-order valence-corrected chi connectivity index (χ2v) is 4.47. The van der Waals surface area contributed by atoms with Gasteiger partial charge in [-0.1, -0.05) is 0 Å². The smallest absolute Gasteiger partial charge is 0.133 e. The fourth-order valence-corrected chi connectivity index (χ4v) is 2.36. The van der Waals surface area contributed by atoms with Crippen molar-refractivity contribution in [2.75, 3.05) is 0 Å². The Kier molecular flexibility index (Phi) is 3.10. The number of benzene rings is 1. The highest BCUT2D eigenvalue weighted by Crippen LogP contribution is 2.33. The Labute approximate surface area is 113 Å². The Balaban J connectivity index is 2.21. The Morgan fingerprint density at radius 3 is 1.70 bits per heavy atom. The van der Waals surface area contributed by atoms with E-state index in [1.807, 2.05) is 0 Å². The minimum Gasteiger partial charge on any atom is -0.364 e. The summed E-state index contributed by atoms with van der Waals surface area (Å²) >= 11 is 0. The molecule has 0 aliphatic heterocycles. The van der Waals surface area contributed by atoms with Crippen LogP contribution in [0.3, 0.4) is 0 Å². The first-order valence-electron chi connectivity index (χ1n) is 6.08. The average Bonchev–Trinajstić information content (AvgIpc) is 3.07. The molecule has 5 heteroatoms. The fourth-order valence-electron chi connectivity index (χ4n) is 2.36. The second kappa shape index (κ2) is 4.92. The third-order valence-corrected chi connectivity index (χ3v) is 3.20. The van der Waals surface area contributed by atoms with E-state index in [1.165, 1.54) is 0 Å². The van der Waals surface area contributed by atoms with Crippen LogP contribution in [0.5, 0.6) is 0 Å². The van der Waals surface area contributed by atoms with Crippen LogP contribution in [0.1, 0.15) is 22.9 Å². The summed E-state index contributed by atoms with van der Waals surface area (Å²) < 4.78 is 41.1. The lowest BCUT2D eigenvalue weighted by Gasteiger charge is -2.17. The molecule has 0 bridgehead atoms. The summed E-state index contributed by atoms with van der Waals surface area (Å²) in [5.41, 5.74) is 1.06. The molecule has 2 N–H and O–H groups in total. The van der Waals surface area contributed by atoms with Gasteiger partial charge in [0.2, 0.25) is 0 Å². The van der Waals surface area contributed by atoms with E-state index in [4.69, 9.17) is 0 Å². The molecule has 0 atom stereocenters. The molecular weight excluding hydrogens is 265 g/mol. The minimum atomic E-state index is -0.930. The molecule has 20 heavy (non-hydrogen) atoms. The van der Waals surface area contributed by atoms with Crippen molar-refractivity contribution in [2.24, 2.45) is 0 Å².